The van der Waals surface area contributed by atoms with Gasteiger partial charge in [0.1, 0.15) is 12.4 Å². The van der Waals surface area contributed by atoms with E-state index in [1.807, 2.05) is 54.6 Å². The molecule has 0 atom stereocenters. The minimum atomic E-state index is -0.462. The molecule has 0 aromatic heterocycles. The number of amides is 1. The average molecular weight is 253 g/mol. The average Bonchev–Trinajstić information content (AvgIpc) is 2.44. The Labute approximate surface area is 112 Å². The van der Waals surface area contributed by atoms with E-state index in [-0.39, 0.29) is 0 Å². The van der Waals surface area contributed by atoms with Gasteiger partial charge >= 0.3 is 0 Å². The zero-order chi connectivity index (χ0) is 13.5. The van der Waals surface area contributed by atoms with Crippen LogP contribution >= 0.6 is 0 Å². The van der Waals surface area contributed by atoms with Gasteiger partial charge in [0.05, 0.1) is 0 Å². The van der Waals surface area contributed by atoms with Gasteiger partial charge in [-0.05, 0) is 29.3 Å². The molecule has 2 N–H and O–H groups in total. The number of nitrogens with two attached hydrogens (primary N) is 1. The molecule has 0 saturated heterocycles. The summed E-state index contributed by atoms with van der Waals surface area (Å²) < 4.78 is 5.69. The molecule has 0 aliphatic rings. The maximum absolute atomic E-state index is 10.7. The molecule has 0 radical (unpaired) electrons. The highest BCUT2D eigenvalue weighted by Gasteiger charge is 1.96. The predicted octanol–water partition coefficient (Wildman–Crippen LogP) is 2.76. The number of ether oxygens (including phenoxy) is 1. The SMILES string of the molecule is NC(=O)/C=C\c1cccc(OCc2ccccc2)c1. The molecular formula is C16H15NO2. The van der Waals surface area contributed by atoms with Crippen LogP contribution in [0.3, 0.4) is 0 Å². The first kappa shape index (κ1) is 12.9. The van der Waals surface area contributed by atoms with Crippen LogP contribution in [0, 0.1) is 0 Å². The molecular weight excluding hydrogens is 238 g/mol. The second-order valence-corrected chi connectivity index (χ2v) is 4.08. The lowest BCUT2D eigenvalue weighted by molar-refractivity contribution is -0.113. The molecule has 96 valence electrons. The van der Waals surface area contributed by atoms with Crippen molar-refractivity contribution in [1.82, 2.24) is 0 Å². The topological polar surface area (TPSA) is 52.3 Å². The number of primary amides is 1. The number of rotatable bonds is 5. The molecule has 2 rings (SSSR count). The van der Waals surface area contributed by atoms with Crippen LogP contribution in [-0.2, 0) is 11.4 Å². The van der Waals surface area contributed by atoms with E-state index >= 15 is 0 Å². The quantitative estimate of drug-likeness (QED) is 0.833. The lowest BCUT2D eigenvalue weighted by Gasteiger charge is -2.06. The Morgan fingerprint density at radius 2 is 1.89 bits per heavy atom. The minimum absolute atomic E-state index is 0.462. The molecule has 0 spiro atoms. The molecule has 0 aliphatic carbocycles. The van der Waals surface area contributed by atoms with Crippen LogP contribution in [0.5, 0.6) is 5.75 Å². The van der Waals surface area contributed by atoms with Crippen LogP contribution in [0.25, 0.3) is 6.08 Å². The van der Waals surface area contributed by atoms with Crippen molar-refractivity contribution in [3.8, 4) is 5.75 Å². The molecule has 0 fully saturated rings. The van der Waals surface area contributed by atoms with Gasteiger partial charge in [-0.15, -0.1) is 0 Å². The van der Waals surface area contributed by atoms with Gasteiger partial charge in [-0.1, -0.05) is 42.5 Å². The van der Waals surface area contributed by atoms with Crippen molar-refractivity contribution in [3.63, 3.8) is 0 Å². The van der Waals surface area contributed by atoms with Gasteiger partial charge < -0.3 is 10.5 Å². The summed E-state index contributed by atoms with van der Waals surface area (Å²) >= 11 is 0. The van der Waals surface area contributed by atoms with Crippen molar-refractivity contribution < 1.29 is 9.53 Å². The number of hydrogen-bond donors (Lipinski definition) is 1. The van der Waals surface area contributed by atoms with E-state index in [0.717, 1.165) is 16.9 Å². The fourth-order valence-corrected chi connectivity index (χ4v) is 1.63. The molecule has 0 saturated carbocycles. The molecule has 3 heteroatoms. The third-order valence-corrected chi connectivity index (χ3v) is 2.55. The maximum atomic E-state index is 10.7. The van der Waals surface area contributed by atoms with E-state index in [1.54, 1.807) is 6.08 Å². The standard InChI is InChI=1S/C16H15NO2/c17-16(18)10-9-13-7-4-8-15(11-13)19-12-14-5-2-1-3-6-14/h1-11H,12H2,(H2,17,18)/b10-9-. The monoisotopic (exact) mass is 253 g/mol. The van der Waals surface area contributed by atoms with Crippen LogP contribution in [0.2, 0.25) is 0 Å². The van der Waals surface area contributed by atoms with Crippen LogP contribution in [0.15, 0.2) is 60.7 Å². The Morgan fingerprint density at radius 1 is 1.11 bits per heavy atom. The third kappa shape index (κ3) is 4.32. The van der Waals surface area contributed by atoms with Crippen molar-refractivity contribution in [2.45, 2.75) is 6.61 Å². The first-order chi connectivity index (χ1) is 9.24. The molecule has 0 heterocycles. The molecule has 2 aromatic rings. The van der Waals surface area contributed by atoms with Crippen LogP contribution in [0.1, 0.15) is 11.1 Å². The first-order valence-corrected chi connectivity index (χ1v) is 5.98. The molecule has 19 heavy (non-hydrogen) atoms. The van der Waals surface area contributed by atoms with E-state index in [9.17, 15) is 4.79 Å². The second-order valence-electron chi connectivity index (χ2n) is 4.08. The molecule has 0 unspecified atom stereocenters. The molecule has 0 aliphatic heterocycles. The predicted molar refractivity (Wildman–Crippen MR) is 75.4 cm³/mol. The second kappa shape index (κ2) is 6.40. The van der Waals surface area contributed by atoms with Crippen LogP contribution in [-0.4, -0.2) is 5.91 Å². The molecule has 1 amide bonds. The Bertz CT molecular complexity index is 576. The van der Waals surface area contributed by atoms with E-state index in [4.69, 9.17) is 10.5 Å². The third-order valence-electron chi connectivity index (χ3n) is 2.55. The first-order valence-electron chi connectivity index (χ1n) is 5.98. The number of hydrogen-bond acceptors (Lipinski definition) is 2. The lowest BCUT2D eigenvalue weighted by Crippen LogP contribution is -2.05. The van der Waals surface area contributed by atoms with Gasteiger partial charge in [0, 0.05) is 6.08 Å². The zero-order valence-electron chi connectivity index (χ0n) is 10.5. The van der Waals surface area contributed by atoms with Crippen molar-refractivity contribution in [2.75, 3.05) is 0 Å². The Kier molecular flexibility index (Phi) is 4.34. The Hall–Kier alpha value is -2.55. The van der Waals surface area contributed by atoms with Gasteiger partial charge in [-0.25, -0.2) is 0 Å². The van der Waals surface area contributed by atoms with Crippen LogP contribution < -0.4 is 10.5 Å². The van der Waals surface area contributed by atoms with Crippen molar-refractivity contribution in [2.24, 2.45) is 5.73 Å². The summed E-state index contributed by atoms with van der Waals surface area (Å²) in [5, 5.41) is 0. The van der Waals surface area contributed by atoms with Gasteiger partial charge in [-0.2, -0.15) is 0 Å². The van der Waals surface area contributed by atoms with Crippen molar-refractivity contribution in [3.05, 3.63) is 71.8 Å². The summed E-state index contributed by atoms with van der Waals surface area (Å²) in [4.78, 5) is 10.7. The lowest BCUT2D eigenvalue weighted by atomic mass is 10.2. The fraction of sp³-hybridized carbons (Fsp3) is 0.0625. The van der Waals surface area contributed by atoms with Gasteiger partial charge in [0.15, 0.2) is 0 Å². The number of carbonyl (C=O) groups excluding carboxylic acids is 1. The number of benzene rings is 2. The van der Waals surface area contributed by atoms with Crippen molar-refractivity contribution >= 4 is 12.0 Å². The van der Waals surface area contributed by atoms with Gasteiger partial charge in [0.25, 0.3) is 0 Å². The largest absolute Gasteiger partial charge is 0.489 e. The summed E-state index contributed by atoms with van der Waals surface area (Å²) in [5.74, 6) is 0.297. The summed E-state index contributed by atoms with van der Waals surface area (Å²) in [6.07, 6.45) is 2.99. The number of carbonyl (C=O) groups is 1. The van der Waals surface area contributed by atoms with Crippen LogP contribution in [0.4, 0.5) is 0 Å². The zero-order valence-corrected chi connectivity index (χ0v) is 10.5. The minimum Gasteiger partial charge on any atom is -0.489 e. The van der Waals surface area contributed by atoms with E-state index in [2.05, 4.69) is 0 Å². The van der Waals surface area contributed by atoms with E-state index in [1.165, 1.54) is 6.08 Å². The normalized spacial score (nSPS) is 10.5. The molecule has 3 nitrogen and oxygen atoms in total. The Balaban J connectivity index is 2.01. The highest BCUT2D eigenvalue weighted by atomic mass is 16.5. The van der Waals surface area contributed by atoms with E-state index < -0.39 is 5.91 Å². The Morgan fingerprint density at radius 3 is 2.63 bits per heavy atom. The summed E-state index contributed by atoms with van der Waals surface area (Å²) in [5.41, 5.74) is 7.05. The van der Waals surface area contributed by atoms with E-state index in [0.29, 0.717) is 6.61 Å². The van der Waals surface area contributed by atoms with Gasteiger partial charge in [0.2, 0.25) is 5.91 Å². The summed E-state index contributed by atoms with van der Waals surface area (Å²) in [7, 11) is 0. The summed E-state index contributed by atoms with van der Waals surface area (Å²) in [6, 6.07) is 17.4. The molecule has 0 bridgehead atoms. The maximum Gasteiger partial charge on any atom is 0.241 e. The van der Waals surface area contributed by atoms with Crippen molar-refractivity contribution in [1.29, 1.82) is 0 Å². The highest BCUT2D eigenvalue weighted by molar-refractivity contribution is 5.90. The van der Waals surface area contributed by atoms with Gasteiger partial charge in [-0.3, -0.25) is 4.79 Å². The molecule has 2 aromatic carbocycles. The highest BCUT2D eigenvalue weighted by Crippen LogP contribution is 2.16. The fourth-order valence-electron chi connectivity index (χ4n) is 1.63. The summed E-state index contributed by atoms with van der Waals surface area (Å²) in [6.45, 7) is 0.518. The smallest absolute Gasteiger partial charge is 0.241 e.